The third kappa shape index (κ3) is 3.43. The van der Waals surface area contributed by atoms with Gasteiger partial charge < -0.3 is 10.2 Å². The van der Waals surface area contributed by atoms with E-state index in [1.165, 1.54) is 0 Å². The maximum atomic E-state index is 13.0. The predicted octanol–water partition coefficient (Wildman–Crippen LogP) is 2.01. The molecule has 7 heteroatoms. The molecule has 2 amide bonds. The number of hydrogen-bond acceptors (Lipinski definition) is 4. The Morgan fingerprint density at radius 3 is 2.81 bits per heavy atom. The Bertz CT molecular complexity index is 907. The molecule has 27 heavy (non-hydrogen) atoms. The predicted molar refractivity (Wildman–Crippen MR) is 97.6 cm³/mol. The average molecular weight is 363 g/mol. The summed E-state index contributed by atoms with van der Waals surface area (Å²) in [7, 11) is 0. The SMILES string of the molecule is N#Cc1cccc(C(=O)N2Cc3ccnn3[C@@H](C(=O)NC3CCCC3)C2)c1. The zero-order valence-electron chi connectivity index (χ0n) is 15.0. The van der Waals surface area contributed by atoms with Gasteiger partial charge in [0, 0.05) is 17.8 Å². The van der Waals surface area contributed by atoms with E-state index in [1.807, 2.05) is 6.07 Å². The van der Waals surface area contributed by atoms with E-state index in [-0.39, 0.29) is 24.4 Å². The Balaban J connectivity index is 1.56. The van der Waals surface area contributed by atoms with Crippen molar-refractivity contribution in [2.75, 3.05) is 6.54 Å². The first-order chi connectivity index (χ1) is 13.2. The summed E-state index contributed by atoms with van der Waals surface area (Å²) in [6.07, 6.45) is 5.96. The lowest BCUT2D eigenvalue weighted by Gasteiger charge is -2.33. The van der Waals surface area contributed by atoms with E-state index < -0.39 is 6.04 Å². The van der Waals surface area contributed by atoms with E-state index in [1.54, 1.807) is 40.0 Å². The van der Waals surface area contributed by atoms with Crippen molar-refractivity contribution in [2.45, 2.75) is 44.3 Å². The largest absolute Gasteiger partial charge is 0.351 e. The van der Waals surface area contributed by atoms with Gasteiger partial charge in [0.15, 0.2) is 0 Å². The van der Waals surface area contributed by atoms with Gasteiger partial charge in [-0.3, -0.25) is 14.3 Å². The minimum Gasteiger partial charge on any atom is -0.351 e. The number of nitrogens with zero attached hydrogens (tertiary/aromatic N) is 4. The van der Waals surface area contributed by atoms with Crippen LogP contribution in [0.5, 0.6) is 0 Å². The summed E-state index contributed by atoms with van der Waals surface area (Å²) >= 11 is 0. The van der Waals surface area contributed by atoms with Gasteiger partial charge in [-0.05, 0) is 37.1 Å². The Kier molecular flexibility index (Phi) is 4.63. The lowest BCUT2D eigenvalue weighted by molar-refractivity contribution is -0.126. The van der Waals surface area contributed by atoms with Gasteiger partial charge in [0.1, 0.15) is 6.04 Å². The second-order valence-corrected chi connectivity index (χ2v) is 7.15. The summed E-state index contributed by atoms with van der Waals surface area (Å²) in [5.74, 6) is -0.270. The van der Waals surface area contributed by atoms with E-state index in [2.05, 4.69) is 16.5 Å². The molecule has 1 saturated carbocycles. The second-order valence-electron chi connectivity index (χ2n) is 7.15. The number of hydrogen-bond donors (Lipinski definition) is 1. The molecule has 0 spiro atoms. The molecule has 1 aromatic carbocycles. The monoisotopic (exact) mass is 363 g/mol. The molecule has 1 atom stereocenters. The van der Waals surface area contributed by atoms with Crippen LogP contribution < -0.4 is 5.32 Å². The number of nitriles is 1. The van der Waals surface area contributed by atoms with Crippen LogP contribution in [0, 0.1) is 11.3 Å². The number of carbonyl (C=O) groups is 2. The maximum Gasteiger partial charge on any atom is 0.254 e. The highest BCUT2D eigenvalue weighted by Crippen LogP contribution is 2.24. The lowest BCUT2D eigenvalue weighted by Crippen LogP contribution is -2.48. The molecule has 1 N–H and O–H groups in total. The number of nitrogens with one attached hydrogen (secondary N) is 1. The quantitative estimate of drug-likeness (QED) is 0.903. The van der Waals surface area contributed by atoms with E-state index >= 15 is 0 Å². The molecule has 2 aromatic rings. The Morgan fingerprint density at radius 1 is 1.22 bits per heavy atom. The number of fused-ring (bicyclic) bond motifs is 1. The van der Waals surface area contributed by atoms with Gasteiger partial charge in [0.25, 0.3) is 5.91 Å². The highest BCUT2D eigenvalue weighted by Gasteiger charge is 2.34. The lowest BCUT2D eigenvalue weighted by atomic mass is 10.1. The molecule has 0 saturated heterocycles. The standard InChI is InChI=1S/C20H21N5O2/c21-11-14-4-3-5-15(10-14)20(27)24-12-17-8-9-22-25(17)18(13-24)19(26)23-16-6-1-2-7-16/h3-5,8-10,16,18H,1-2,6-7,12-13H2,(H,23,26)/t18-/m1/s1. The van der Waals surface area contributed by atoms with Crippen molar-refractivity contribution >= 4 is 11.8 Å². The number of amides is 2. The summed E-state index contributed by atoms with van der Waals surface area (Å²) in [6.45, 7) is 0.658. The molecule has 138 valence electrons. The van der Waals surface area contributed by atoms with Crippen LogP contribution in [0.1, 0.15) is 53.3 Å². The van der Waals surface area contributed by atoms with Crippen molar-refractivity contribution < 1.29 is 9.59 Å². The fraction of sp³-hybridized carbons (Fsp3) is 0.400. The van der Waals surface area contributed by atoms with Gasteiger partial charge >= 0.3 is 0 Å². The molecular weight excluding hydrogens is 342 g/mol. The minimum absolute atomic E-state index is 0.0878. The van der Waals surface area contributed by atoms with Gasteiger partial charge in [0.2, 0.25) is 5.91 Å². The van der Waals surface area contributed by atoms with E-state index in [0.29, 0.717) is 17.7 Å². The smallest absolute Gasteiger partial charge is 0.254 e. The van der Waals surface area contributed by atoms with Crippen molar-refractivity contribution in [3.8, 4) is 6.07 Å². The first kappa shape index (κ1) is 17.3. The van der Waals surface area contributed by atoms with Crippen LogP contribution >= 0.6 is 0 Å². The van der Waals surface area contributed by atoms with Gasteiger partial charge in [-0.1, -0.05) is 18.9 Å². The molecule has 1 aliphatic heterocycles. The zero-order chi connectivity index (χ0) is 18.8. The van der Waals surface area contributed by atoms with E-state index in [9.17, 15) is 9.59 Å². The van der Waals surface area contributed by atoms with Crippen LogP contribution in [0.25, 0.3) is 0 Å². The summed E-state index contributed by atoms with van der Waals surface area (Å²) in [5.41, 5.74) is 1.73. The molecule has 7 nitrogen and oxygen atoms in total. The number of aromatic nitrogens is 2. The molecule has 0 bridgehead atoms. The molecule has 0 unspecified atom stereocenters. The zero-order valence-corrected chi connectivity index (χ0v) is 15.0. The van der Waals surface area contributed by atoms with Crippen LogP contribution in [-0.4, -0.2) is 39.1 Å². The molecule has 1 aromatic heterocycles. The summed E-state index contributed by atoms with van der Waals surface area (Å²) < 4.78 is 1.72. The summed E-state index contributed by atoms with van der Waals surface area (Å²) in [4.78, 5) is 27.5. The number of benzene rings is 1. The highest BCUT2D eigenvalue weighted by molar-refractivity contribution is 5.95. The van der Waals surface area contributed by atoms with Gasteiger partial charge in [-0.2, -0.15) is 10.4 Å². The fourth-order valence-electron chi connectivity index (χ4n) is 3.91. The summed E-state index contributed by atoms with van der Waals surface area (Å²) in [5, 5.41) is 16.5. The summed E-state index contributed by atoms with van der Waals surface area (Å²) in [6, 6.07) is 10.2. The van der Waals surface area contributed by atoms with Crippen molar-refractivity contribution in [1.82, 2.24) is 20.0 Å². The van der Waals surface area contributed by atoms with Crippen molar-refractivity contribution in [3.63, 3.8) is 0 Å². The van der Waals surface area contributed by atoms with Crippen LogP contribution in [0.15, 0.2) is 36.5 Å². The normalized spacial score (nSPS) is 19.4. The third-order valence-corrected chi connectivity index (χ3v) is 5.32. The topological polar surface area (TPSA) is 91.0 Å². The van der Waals surface area contributed by atoms with Gasteiger partial charge in [-0.25, -0.2) is 0 Å². The maximum absolute atomic E-state index is 13.0. The van der Waals surface area contributed by atoms with Crippen LogP contribution in [0.2, 0.25) is 0 Å². The molecule has 2 heterocycles. The molecule has 1 fully saturated rings. The van der Waals surface area contributed by atoms with Crippen molar-refractivity contribution in [1.29, 1.82) is 5.26 Å². The molecule has 2 aliphatic rings. The second kappa shape index (κ2) is 7.23. The van der Waals surface area contributed by atoms with Crippen molar-refractivity contribution in [2.24, 2.45) is 0 Å². The molecular formula is C20H21N5O2. The Labute approximate surface area is 157 Å². The van der Waals surface area contributed by atoms with E-state index in [4.69, 9.17) is 5.26 Å². The van der Waals surface area contributed by atoms with Crippen LogP contribution in [0.3, 0.4) is 0 Å². The number of carbonyl (C=O) groups excluding carboxylic acids is 2. The number of rotatable bonds is 3. The molecule has 1 aliphatic carbocycles. The van der Waals surface area contributed by atoms with E-state index in [0.717, 1.165) is 31.4 Å². The Hall–Kier alpha value is -3.14. The first-order valence-corrected chi connectivity index (χ1v) is 9.28. The van der Waals surface area contributed by atoms with Gasteiger partial charge in [-0.15, -0.1) is 0 Å². The van der Waals surface area contributed by atoms with Gasteiger partial charge in [0.05, 0.1) is 30.4 Å². The van der Waals surface area contributed by atoms with Crippen LogP contribution in [-0.2, 0) is 11.3 Å². The van der Waals surface area contributed by atoms with Crippen molar-refractivity contribution in [3.05, 3.63) is 53.3 Å². The molecule has 0 radical (unpaired) electrons. The minimum atomic E-state index is -0.535. The Morgan fingerprint density at radius 2 is 2.04 bits per heavy atom. The third-order valence-electron chi connectivity index (χ3n) is 5.32. The van der Waals surface area contributed by atoms with Crippen LogP contribution in [0.4, 0.5) is 0 Å². The average Bonchev–Trinajstić information content (AvgIpc) is 3.38. The fourth-order valence-corrected chi connectivity index (χ4v) is 3.91. The molecule has 4 rings (SSSR count). The first-order valence-electron chi connectivity index (χ1n) is 9.28. The highest BCUT2D eigenvalue weighted by atomic mass is 16.2.